The number of carbonyl (C=O) groups excluding carboxylic acids is 1. The molecule has 1 aliphatic heterocycles. The van der Waals surface area contributed by atoms with Crippen molar-refractivity contribution in [2.24, 2.45) is 0 Å². The Morgan fingerprint density at radius 3 is 2.67 bits per heavy atom. The van der Waals surface area contributed by atoms with Crippen LogP contribution in [0.2, 0.25) is 5.02 Å². The van der Waals surface area contributed by atoms with Gasteiger partial charge in [-0.3, -0.25) is 4.79 Å². The highest BCUT2D eigenvalue weighted by Crippen LogP contribution is 2.38. The molecule has 166 valence electrons. The molecule has 0 aliphatic carbocycles. The van der Waals surface area contributed by atoms with E-state index in [9.17, 15) is 10.1 Å². The number of benzene rings is 3. The van der Waals surface area contributed by atoms with E-state index in [1.807, 2.05) is 61.5 Å². The maximum atomic E-state index is 13.1. The average Bonchev–Trinajstić information content (AvgIpc) is 3.26. The number of para-hydroxylation sites is 1. The monoisotopic (exact) mass is 458 g/mol. The maximum absolute atomic E-state index is 13.1. The van der Waals surface area contributed by atoms with E-state index in [1.165, 1.54) is 18.7 Å². The molecule has 3 aromatic rings. The lowest BCUT2D eigenvalue weighted by Gasteiger charge is -2.17. The highest BCUT2D eigenvalue weighted by molar-refractivity contribution is 6.32. The number of ether oxygens (including phenoxy) is 2. The van der Waals surface area contributed by atoms with Crippen molar-refractivity contribution in [3.8, 4) is 17.6 Å². The Morgan fingerprint density at radius 1 is 1.18 bits per heavy atom. The number of amides is 1. The first-order valence-corrected chi connectivity index (χ1v) is 11.0. The first-order chi connectivity index (χ1) is 16.0. The maximum Gasteiger partial charge on any atom is 0.268 e. The van der Waals surface area contributed by atoms with Gasteiger partial charge in [0.15, 0.2) is 11.5 Å². The molecule has 0 fully saturated rings. The minimum atomic E-state index is -0.336. The van der Waals surface area contributed by atoms with Crippen LogP contribution in [0, 0.1) is 18.3 Å². The Labute approximate surface area is 198 Å². The topological polar surface area (TPSA) is 62.6 Å². The predicted molar refractivity (Wildman–Crippen MR) is 130 cm³/mol. The molecular formula is C27H23ClN2O3. The summed E-state index contributed by atoms with van der Waals surface area (Å²) in [6.07, 6.45) is 2.30. The van der Waals surface area contributed by atoms with E-state index < -0.39 is 0 Å². The summed E-state index contributed by atoms with van der Waals surface area (Å²) in [5.41, 5.74) is 4.73. The molecule has 0 atom stereocenters. The van der Waals surface area contributed by atoms with Gasteiger partial charge in [0.05, 0.1) is 12.1 Å². The number of rotatable bonds is 6. The van der Waals surface area contributed by atoms with Gasteiger partial charge in [-0.1, -0.05) is 59.6 Å². The third-order valence-corrected chi connectivity index (χ3v) is 5.83. The van der Waals surface area contributed by atoms with Crippen LogP contribution in [0.25, 0.3) is 6.08 Å². The Kier molecular flexibility index (Phi) is 6.67. The van der Waals surface area contributed by atoms with E-state index in [1.54, 1.807) is 17.0 Å². The van der Waals surface area contributed by atoms with Crippen LogP contribution in [-0.4, -0.2) is 19.6 Å². The normalized spacial score (nSPS) is 12.8. The number of anilines is 1. The minimum Gasteiger partial charge on any atom is -0.493 e. The molecule has 0 radical (unpaired) electrons. The number of hydrogen-bond acceptors (Lipinski definition) is 4. The van der Waals surface area contributed by atoms with Crippen LogP contribution < -0.4 is 14.4 Å². The first-order valence-electron chi connectivity index (χ1n) is 10.6. The zero-order valence-corrected chi connectivity index (χ0v) is 19.2. The summed E-state index contributed by atoms with van der Waals surface area (Å²) in [5.74, 6) is 0.504. The molecule has 5 nitrogen and oxygen atoms in total. The second-order valence-electron chi connectivity index (χ2n) is 7.81. The number of fused-ring (bicyclic) bond motifs is 1. The van der Waals surface area contributed by atoms with Crippen LogP contribution in [0.4, 0.5) is 5.69 Å². The Hall–Kier alpha value is -3.75. The van der Waals surface area contributed by atoms with Crippen molar-refractivity contribution in [3.63, 3.8) is 0 Å². The second-order valence-corrected chi connectivity index (χ2v) is 8.22. The Balaban J connectivity index is 1.58. The first kappa shape index (κ1) is 22.4. The largest absolute Gasteiger partial charge is 0.493 e. The predicted octanol–water partition coefficient (Wildman–Crippen LogP) is 5.73. The molecule has 0 spiro atoms. The van der Waals surface area contributed by atoms with Crippen LogP contribution in [0.3, 0.4) is 0 Å². The quantitative estimate of drug-likeness (QED) is 0.349. The summed E-state index contributed by atoms with van der Waals surface area (Å²) in [6, 6.07) is 21.2. The molecular weight excluding hydrogens is 436 g/mol. The van der Waals surface area contributed by atoms with Crippen molar-refractivity contribution in [3.05, 3.63) is 93.5 Å². The van der Waals surface area contributed by atoms with Crippen molar-refractivity contribution >= 4 is 29.3 Å². The van der Waals surface area contributed by atoms with Crippen LogP contribution in [0.15, 0.2) is 66.2 Å². The van der Waals surface area contributed by atoms with Gasteiger partial charge in [0.25, 0.3) is 5.91 Å². The van der Waals surface area contributed by atoms with E-state index in [4.69, 9.17) is 21.1 Å². The standard InChI is InChI=1S/C27H23ClN2O3/c1-18-7-9-19(10-8-18)17-33-26-23(28)14-20(15-25(26)32-2)13-22(16-29)27(31)30-12-11-21-5-3-4-6-24(21)30/h3-10,13-15H,11-12,17H2,1-2H3/b22-13+. The zero-order chi connectivity index (χ0) is 23.4. The van der Waals surface area contributed by atoms with Gasteiger partial charge in [-0.15, -0.1) is 0 Å². The summed E-state index contributed by atoms with van der Waals surface area (Å²) in [4.78, 5) is 14.7. The summed E-state index contributed by atoms with van der Waals surface area (Å²) in [6.45, 7) is 2.91. The molecule has 1 heterocycles. The van der Waals surface area contributed by atoms with E-state index in [0.717, 1.165) is 23.2 Å². The third kappa shape index (κ3) is 4.87. The lowest BCUT2D eigenvalue weighted by Crippen LogP contribution is -2.29. The molecule has 0 aromatic heterocycles. The van der Waals surface area contributed by atoms with E-state index in [-0.39, 0.29) is 11.5 Å². The van der Waals surface area contributed by atoms with Gasteiger partial charge in [0.2, 0.25) is 0 Å². The Bertz CT molecular complexity index is 1260. The van der Waals surface area contributed by atoms with Gasteiger partial charge in [-0.2, -0.15) is 5.26 Å². The van der Waals surface area contributed by atoms with Gasteiger partial charge in [0, 0.05) is 12.2 Å². The molecule has 0 N–H and O–H groups in total. The third-order valence-electron chi connectivity index (χ3n) is 5.55. The number of halogens is 1. The van der Waals surface area contributed by atoms with Crippen LogP contribution in [-0.2, 0) is 17.8 Å². The molecule has 1 amide bonds. The van der Waals surface area contributed by atoms with Crippen LogP contribution in [0.1, 0.15) is 22.3 Å². The minimum absolute atomic E-state index is 0.0261. The number of methoxy groups -OCH3 is 1. The molecule has 0 bridgehead atoms. The fraction of sp³-hybridized carbons (Fsp3) is 0.185. The highest BCUT2D eigenvalue weighted by atomic mass is 35.5. The van der Waals surface area contributed by atoms with E-state index >= 15 is 0 Å². The number of hydrogen-bond donors (Lipinski definition) is 0. The number of carbonyl (C=O) groups is 1. The summed E-state index contributed by atoms with van der Waals surface area (Å²) in [5, 5.41) is 10.0. The zero-order valence-electron chi connectivity index (χ0n) is 18.5. The summed E-state index contributed by atoms with van der Waals surface area (Å²) >= 11 is 6.49. The van der Waals surface area contributed by atoms with Crippen molar-refractivity contribution in [2.75, 3.05) is 18.6 Å². The average molecular weight is 459 g/mol. The molecule has 0 saturated carbocycles. The number of nitrogens with zero attached hydrogens (tertiary/aromatic N) is 2. The number of aryl methyl sites for hydroxylation is 1. The molecule has 6 heteroatoms. The highest BCUT2D eigenvalue weighted by Gasteiger charge is 2.26. The van der Waals surface area contributed by atoms with Crippen molar-refractivity contribution < 1.29 is 14.3 Å². The molecule has 0 unspecified atom stereocenters. The van der Waals surface area contributed by atoms with Gasteiger partial charge in [0.1, 0.15) is 18.2 Å². The fourth-order valence-electron chi connectivity index (χ4n) is 3.81. The summed E-state index contributed by atoms with van der Waals surface area (Å²) < 4.78 is 11.4. The van der Waals surface area contributed by atoms with Gasteiger partial charge < -0.3 is 14.4 Å². The van der Waals surface area contributed by atoms with Gasteiger partial charge >= 0.3 is 0 Å². The Morgan fingerprint density at radius 2 is 1.94 bits per heavy atom. The summed E-state index contributed by atoms with van der Waals surface area (Å²) in [7, 11) is 1.52. The molecule has 33 heavy (non-hydrogen) atoms. The molecule has 3 aromatic carbocycles. The van der Waals surface area contributed by atoms with Crippen LogP contribution >= 0.6 is 11.6 Å². The molecule has 1 aliphatic rings. The fourth-order valence-corrected chi connectivity index (χ4v) is 4.08. The number of nitriles is 1. The molecule has 0 saturated heterocycles. The SMILES string of the molecule is COc1cc(/C=C(\C#N)C(=O)N2CCc3ccccc32)cc(Cl)c1OCc1ccc(C)cc1. The van der Waals surface area contributed by atoms with Crippen molar-refractivity contribution in [1.29, 1.82) is 5.26 Å². The van der Waals surface area contributed by atoms with E-state index in [2.05, 4.69) is 0 Å². The second kappa shape index (κ2) is 9.81. The lowest BCUT2D eigenvalue weighted by atomic mass is 10.1. The molecule has 4 rings (SSSR count). The lowest BCUT2D eigenvalue weighted by molar-refractivity contribution is -0.114. The smallest absolute Gasteiger partial charge is 0.268 e. The van der Waals surface area contributed by atoms with Crippen LogP contribution in [0.5, 0.6) is 11.5 Å². The van der Waals surface area contributed by atoms with Crippen molar-refractivity contribution in [2.45, 2.75) is 20.0 Å². The van der Waals surface area contributed by atoms with Gasteiger partial charge in [-0.25, -0.2) is 0 Å². The van der Waals surface area contributed by atoms with Crippen molar-refractivity contribution in [1.82, 2.24) is 0 Å². The van der Waals surface area contributed by atoms with Gasteiger partial charge in [-0.05, 0) is 54.3 Å². The van der Waals surface area contributed by atoms with E-state index in [0.29, 0.717) is 35.2 Å².